The molecule has 0 bridgehead atoms. The number of H-pyrrole nitrogens is 2. The maximum absolute atomic E-state index is 12.3. The van der Waals surface area contributed by atoms with Crippen LogP contribution in [0.4, 0.5) is 5.69 Å². The quantitative estimate of drug-likeness (QED) is 0.542. The van der Waals surface area contributed by atoms with E-state index < -0.39 is 10.0 Å². The van der Waals surface area contributed by atoms with Gasteiger partial charge in [-0.15, -0.1) is 0 Å². The first-order chi connectivity index (χ1) is 12.4. The Morgan fingerprint density at radius 1 is 1.00 bits per heavy atom. The highest BCUT2D eigenvalue weighted by Crippen LogP contribution is 2.22. The van der Waals surface area contributed by atoms with Crippen molar-refractivity contribution >= 4 is 32.7 Å². The van der Waals surface area contributed by atoms with Crippen molar-refractivity contribution in [3.8, 4) is 0 Å². The second-order valence-electron chi connectivity index (χ2n) is 6.21. The number of hydrogen-bond acceptors (Lipinski definition) is 4. The Morgan fingerprint density at radius 2 is 1.69 bits per heavy atom. The molecular formula is C17H16N4O4S. The largest absolute Gasteiger partial charge is 0.323 e. The first kappa shape index (κ1) is 16.6. The van der Waals surface area contributed by atoms with Gasteiger partial charge in [-0.05, 0) is 55.3 Å². The Hall–Kier alpha value is -2.91. The van der Waals surface area contributed by atoms with Crippen molar-refractivity contribution in [2.45, 2.75) is 23.8 Å². The smallest absolute Gasteiger partial charge is 0.322 e. The van der Waals surface area contributed by atoms with E-state index in [-0.39, 0.29) is 22.5 Å². The van der Waals surface area contributed by atoms with E-state index in [0.717, 1.165) is 12.8 Å². The van der Waals surface area contributed by atoms with Gasteiger partial charge in [-0.25, -0.2) is 17.9 Å². The Kier molecular flexibility index (Phi) is 3.89. The zero-order valence-corrected chi connectivity index (χ0v) is 14.4. The van der Waals surface area contributed by atoms with Crippen molar-refractivity contribution in [1.82, 2.24) is 14.7 Å². The average Bonchev–Trinajstić information content (AvgIpc) is 3.32. The molecule has 26 heavy (non-hydrogen) atoms. The second kappa shape index (κ2) is 6.11. The van der Waals surface area contributed by atoms with Crippen LogP contribution >= 0.6 is 0 Å². The number of hydrogen-bond donors (Lipinski definition) is 4. The van der Waals surface area contributed by atoms with Gasteiger partial charge in [0.15, 0.2) is 0 Å². The number of sulfonamides is 1. The molecule has 1 aliphatic rings. The zero-order valence-electron chi connectivity index (χ0n) is 13.6. The monoisotopic (exact) mass is 372 g/mol. The molecule has 4 N–H and O–H groups in total. The first-order valence-electron chi connectivity index (χ1n) is 8.06. The normalized spacial score (nSPS) is 14.5. The van der Waals surface area contributed by atoms with E-state index >= 15 is 0 Å². The van der Waals surface area contributed by atoms with Crippen molar-refractivity contribution in [3.05, 3.63) is 58.5 Å². The highest BCUT2D eigenvalue weighted by atomic mass is 32.2. The van der Waals surface area contributed by atoms with Crippen molar-refractivity contribution < 1.29 is 13.2 Å². The van der Waals surface area contributed by atoms with Crippen LogP contribution in [0.15, 0.2) is 52.2 Å². The fourth-order valence-electron chi connectivity index (χ4n) is 2.59. The van der Waals surface area contributed by atoms with Crippen LogP contribution in [0.1, 0.15) is 23.2 Å². The number of nitrogens with one attached hydrogen (secondary N) is 4. The summed E-state index contributed by atoms with van der Waals surface area (Å²) in [7, 11) is -3.54. The number of amides is 1. The molecule has 1 fully saturated rings. The van der Waals surface area contributed by atoms with Crippen LogP contribution in [0.5, 0.6) is 0 Å². The van der Waals surface area contributed by atoms with Gasteiger partial charge in [0, 0.05) is 17.3 Å². The van der Waals surface area contributed by atoms with Crippen LogP contribution in [0, 0.1) is 0 Å². The maximum Gasteiger partial charge on any atom is 0.323 e. The molecule has 0 unspecified atom stereocenters. The summed E-state index contributed by atoms with van der Waals surface area (Å²) in [5, 5.41) is 2.72. The molecule has 8 nitrogen and oxygen atoms in total. The predicted octanol–water partition coefficient (Wildman–Crippen LogP) is 1.55. The molecule has 0 aliphatic heterocycles. The molecule has 2 aromatic carbocycles. The summed E-state index contributed by atoms with van der Waals surface area (Å²) in [5.74, 6) is -0.374. The lowest BCUT2D eigenvalue weighted by Crippen LogP contribution is -2.25. The van der Waals surface area contributed by atoms with Gasteiger partial charge in [-0.3, -0.25) is 4.79 Å². The minimum Gasteiger partial charge on any atom is -0.322 e. The summed E-state index contributed by atoms with van der Waals surface area (Å²) in [5.41, 5.74) is 1.76. The second-order valence-corrected chi connectivity index (χ2v) is 7.93. The van der Waals surface area contributed by atoms with Crippen molar-refractivity contribution in [1.29, 1.82) is 0 Å². The summed E-state index contributed by atoms with van der Waals surface area (Å²) >= 11 is 0. The molecule has 1 aromatic heterocycles. The molecule has 3 aromatic rings. The van der Waals surface area contributed by atoms with E-state index in [0.29, 0.717) is 22.3 Å². The minimum absolute atomic E-state index is 0.0257. The predicted molar refractivity (Wildman–Crippen MR) is 96.7 cm³/mol. The zero-order chi connectivity index (χ0) is 18.3. The van der Waals surface area contributed by atoms with Gasteiger partial charge in [-0.2, -0.15) is 0 Å². The highest BCUT2D eigenvalue weighted by molar-refractivity contribution is 7.89. The standard InChI is InChI=1S/C17H16N4O4S/c22-16(18-12-5-8-14-15(9-12)20-17(23)19-14)10-1-6-13(7-2-10)26(24,25)21-11-3-4-11/h1-2,5-9,11,21H,3-4H2,(H,18,22)(H2,19,20,23). The third kappa shape index (κ3) is 3.39. The number of fused-ring (bicyclic) bond motifs is 1. The van der Waals surface area contributed by atoms with Crippen LogP contribution in [-0.2, 0) is 10.0 Å². The first-order valence-corrected chi connectivity index (χ1v) is 9.55. The van der Waals surface area contributed by atoms with E-state index in [9.17, 15) is 18.0 Å². The van der Waals surface area contributed by atoms with Gasteiger partial charge in [0.2, 0.25) is 10.0 Å². The maximum atomic E-state index is 12.3. The van der Waals surface area contributed by atoms with Crippen LogP contribution in [0.25, 0.3) is 11.0 Å². The molecule has 1 heterocycles. The molecule has 1 amide bonds. The van der Waals surface area contributed by atoms with E-state index in [1.165, 1.54) is 24.3 Å². The molecule has 0 atom stereocenters. The molecule has 0 saturated heterocycles. The van der Waals surface area contributed by atoms with Crippen molar-refractivity contribution in [3.63, 3.8) is 0 Å². The number of rotatable bonds is 5. The van der Waals surface area contributed by atoms with Gasteiger partial charge in [0.1, 0.15) is 0 Å². The van der Waals surface area contributed by atoms with Crippen molar-refractivity contribution in [2.75, 3.05) is 5.32 Å². The third-order valence-corrected chi connectivity index (χ3v) is 5.64. The number of aromatic amines is 2. The van der Waals surface area contributed by atoms with E-state index in [1.807, 2.05) is 0 Å². The molecule has 4 rings (SSSR count). The number of anilines is 1. The minimum atomic E-state index is -3.54. The van der Waals surface area contributed by atoms with Gasteiger partial charge in [0.25, 0.3) is 5.91 Å². The van der Waals surface area contributed by atoms with Gasteiger partial charge < -0.3 is 15.3 Å². The Labute approximate surface area is 148 Å². The lowest BCUT2D eigenvalue weighted by molar-refractivity contribution is 0.102. The SMILES string of the molecule is O=C(Nc1ccc2[nH]c(=O)[nH]c2c1)c1ccc(S(=O)(=O)NC2CC2)cc1. The molecule has 134 valence electrons. The van der Waals surface area contributed by atoms with Crippen LogP contribution in [-0.4, -0.2) is 30.3 Å². The molecule has 0 radical (unpaired) electrons. The van der Waals surface area contributed by atoms with Crippen LogP contribution in [0.3, 0.4) is 0 Å². The fraction of sp³-hybridized carbons (Fsp3) is 0.176. The van der Waals surface area contributed by atoms with Crippen LogP contribution < -0.4 is 15.7 Å². The number of imidazole rings is 1. The van der Waals surface area contributed by atoms with Gasteiger partial charge >= 0.3 is 5.69 Å². The summed E-state index contributed by atoms with van der Waals surface area (Å²) in [4.78, 5) is 29.0. The van der Waals surface area contributed by atoms with Gasteiger partial charge in [-0.1, -0.05) is 0 Å². The Bertz CT molecular complexity index is 1140. The Balaban J connectivity index is 1.51. The van der Waals surface area contributed by atoms with Crippen molar-refractivity contribution in [2.24, 2.45) is 0 Å². The molecule has 1 saturated carbocycles. The fourth-order valence-corrected chi connectivity index (χ4v) is 3.89. The number of benzene rings is 2. The van der Waals surface area contributed by atoms with E-state index in [4.69, 9.17) is 0 Å². The van der Waals surface area contributed by atoms with E-state index in [2.05, 4.69) is 20.0 Å². The Morgan fingerprint density at radius 3 is 2.38 bits per heavy atom. The summed E-state index contributed by atoms with van der Waals surface area (Å²) < 4.78 is 26.9. The molecule has 0 spiro atoms. The number of aromatic nitrogens is 2. The molecule has 1 aliphatic carbocycles. The molecular weight excluding hydrogens is 356 g/mol. The summed E-state index contributed by atoms with van der Waals surface area (Å²) in [6.07, 6.45) is 1.72. The highest BCUT2D eigenvalue weighted by Gasteiger charge is 2.27. The van der Waals surface area contributed by atoms with Crippen LogP contribution in [0.2, 0.25) is 0 Å². The third-order valence-electron chi connectivity index (χ3n) is 4.10. The lowest BCUT2D eigenvalue weighted by atomic mass is 10.2. The molecule has 9 heteroatoms. The number of carbonyl (C=O) groups excluding carboxylic acids is 1. The topological polar surface area (TPSA) is 124 Å². The lowest BCUT2D eigenvalue weighted by Gasteiger charge is -2.08. The summed E-state index contributed by atoms with van der Waals surface area (Å²) in [6, 6.07) is 10.8. The average molecular weight is 372 g/mol. The van der Waals surface area contributed by atoms with E-state index in [1.54, 1.807) is 18.2 Å². The summed E-state index contributed by atoms with van der Waals surface area (Å²) in [6.45, 7) is 0. The van der Waals surface area contributed by atoms with Gasteiger partial charge in [0.05, 0.1) is 15.9 Å². The number of carbonyl (C=O) groups is 1.